The van der Waals surface area contributed by atoms with Crippen LogP contribution in [0.2, 0.25) is 0 Å². The van der Waals surface area contributed by atoms with Crippen LogP contribution in [0, 0.1) is 0 Å². The first kappa shape index (κ1) is 21.9. The van der Waals surface area contributed by atoms with Crippen LogP contribution in [0.15, 0.2) is 0 Å². The van der Waals surface area contributed by atoms with E-state index < -0.39 is 0 Å². The molecule has 0 aliphatic heterocycles. The van der Waals surface area contributed by atoms with Crippen molar-refractivity contribution in [3.05, 3.63) is 0 Å². The van der Waals surface area contributed by atoms with Crippen molar-refractivity contribution in [1.29, 1.82) is 0 Å². The summed E-state index contributed by atoms with van der Waals surface area (Å²) in [6.07, 6.45) is 15.7. The van der Waals surface area contributed by atoms with Crippen molar-refractivity contribution in [3.63, 3.8) is 0 Å². The molecule has 0 aromatic rings. The van der Waals surface area contributed by atoms with E-state index in [0.29, 0.717) is 0 Å². The minimum atomic E-state index is -0.250. The van der Waals surface area contributed by atoms with Crippen LogP contribution in [0.3, 0.4) is 0 Å². The summed E-state index contributed by atoms with van der Waals surface area (Å²) in [6, 6.07) is 0. The molecule has 0 unspecified atom stereocenters. The van der Waals surface area contributed by atoms with Gasteiger partial charge in [0.05, 0.1) is 6.10 Å². The van der Waals surface area contributed by atoms with Crippen molar-refractivity contribution in [2.75, 3.05) is 26.2 Å². The van der Waals surface area contributed by atoms with E-state index in [0.717, 1.165) is 26.2 Å². The molecule has 0 heterocycles. The molecule has 0 saturated carbocycles. The second-order valence-corrected chi connectivity index (χ2v) is 6.60. The van der Waals surface area contributed by atoms with Gasteiger partial charge in [0.15, 0.2) is 0 Å². The van der Waals surface area contributed by atoms with Gasteiger partial charge in [-0.3, -0.25) is 0 Å². The minimum Gasteiger partial charge on any atom is -0.390 e. The molecule has 22 heavy (non-hydrogen) atoms. The lowest BCUT2D eigenvalue weighted by atomic mass is 10.1. The quantitative estimate of drug-likeness (QED) is 0.331. The molecule has 0 saturated heterocycles. The normalized spacial score (nSPS) is 11.5. The van der Waals surface area contributed by atoms with Crippen LogP contribution < -0.4 is 10.6 Å². The average molecular weight is 315 g/mol. The Bertz CT molecular complexity index is 180. The first-order valence-electron chi connectivity index (χ1n) is 9.90. The maximum atomic E-state index is 9.87. The molecule has 3 nitrogen and oxygen atoms in total. The van der Waals surface area contributed by atoms with E-state index in [4.69, 9.17) is 0 Å². The van der Waals surface area contributed by atoms with Gasteiger partial charge in [-0.2, -0.15) is 0 Å². The summed E-state index contributed by atoms with van der Waals surface area (Å²) >= 11 is 0. The molecule has 0 rings (SSSR count). The number of aliphatic hydroxyl groups excluding tert-OH is 1. The van der Waals surface area contributed by atoms with Gasteiger partial charge in [0, 0.05) is 13.1 Å². The number of nitrogens with one attached hydrogen (secondary N) is 2. The lowest BCUT2D eigenvalue weighted by Crippen LogP contribution is -2.36. The Kier molecular flexibility index (Phi) is 18.8. The predicted molar refractivity (Wildman–Crippen MR) is 98.5 cm³/mol. The maximum absolute atomic E-state index is 9.87. The predicted octanol–water partition coefficient (Wildman–Crippen LogP) is 4.25. The molecule has 0 spiro atoms. The fourth-order valence-electron chi connectivity index (χ4n) is 2.67. The number of hydrogen-bond acceptors (Lipinski definition) is 3. The Morgan fingerprint density at radius 3 is 1.36 bits per heavy atom. The zero-order valence-electron chi connectivity index (χ0n) is 15.3. The summed E-state index contributed by atoms with van der Waals surface area (Å²) in [5.41, 5.74) is 0. The second kappa shape index (κ2) is 18.9. The Morgan fingerprint density at radius 1 is 0.591 bits per heavy atom. The van der Waals surface area contributed by atoms with Crippen LogP contribution in [-0.4, -0.2) is 37.4 Å². The van der Waals surface area contributed by atoms with Crippen molar-refractivity contribution in [2.24, 2.45) is 0 Å². The van der Waals surface area contributed by atoms with E-state index in [1.807, 2.05) is 0 Å². The van der Waals surface area contributed by atoms with Gasteiger partial charge in [-0.1, -0.05) is 78.1 Å². The lowest BCUT2D eigenvalue weighted by Gasteiger charge is -2.13. The van der Waals surface area contributed by atoms with Crippen LogP contribution >= 0.6 is 0 Å². The monoisotopic (exact) mass is 314 g/mol. The molecule has 0 aromatic carbocycles. The van der Waals surface area contributed by atoms with Gasteiger partial charge >= 0.3 is 0 Å². The average Bonchev–Trinajstić information content (AvgIpc) is 2.52. The topological polar surface area (TPSA) is 44.3 Å². The number of hydrogen-bond donors (Lipinski definition) is 3. The smallest absolute Gasteiger partial charge is 0.0788 e. The first-order chi connectivity index (χ1) is 10.8. The van der Waals surface area contributed by atoms with Crippen molar-refractivity contribution in [1.82, 2.24) is 10.6 Å². The Balaban J connectivity index is 3.11. The summed E-state index contributed by atoms with van der Waals surface area (Å²) < 4.78 is 0. The molecule has 0 aromatic heterocycles. The highest BCUT2D eigenvalue weighted by Gasteiger charge is 2.02. The lowest BCUT2D eigenvalue weighted by molar-refractivity contribution is 0.168. The van der Waals surface area contributed by atoms with Gasteiger partial charge in [-0.15, -0.1) is 0 Å². The third-order valence-corrected chi connectivity index (χ3v) is 4.17. The van der Waals surface area contributed by atoms with Crippen LogP contribution in [0.5, 0.6) is 0 Å². The molecule has 3 heteroatoms. The van der Waals surface area contributed by atoms with Gasteiger partial charge in [0.25, 0.3) is 0 Å². The Hall–Kier alpha value is -0.120. The van der Waals surface area contributed by atoms with E-state index in [1.165, 1.54) is 77.0 Å². The fraction of sp³-hybridized carbons (Fsp3) is 1.00. The summed E-state index contributed by atoms with van der Waals surface area (Å²) in [7, 11) is 0. The summed E-state index contributed by atoms with van der Waals surface area (Å²) in [5, 5.41) is 16.6. The van der Waals surface area contributed by atoms with E-state index in [1.54, 1.807) is 0 Å². The van der Waals surface area contributed by atoms with E-state index >= 15 is 0 Å². The highest BCUT2D eigenvalue weighted by Crippen LogP contribution is 2.04. The zero-order valence-corrected chi connectivity index (χ0v) is 15.3. The first-order valence-corrected chi connectivity index (χ1v) is 9.90. The highest BCUT2D eigenvalue weighted by atomic mass is 16.3. The molecule has 134 valence electrons. The van der Waals surface area contributed by atoms with Gasteiger partial charge < -0.3 is 15.7 Å². The van der Waals surface area contributed by atoms with Crippen molar-refractivity contribution < 1.29 is 5.11 Å². The molecule has 3 N–H and O–H groups in total. The van der Waals surface area contributed by atoms with Gasteiger partial charge in [0.2, 0.25) is 0 Å². The molecule has 0 fully saturated rings. The molecule has 0 aliphatic rings. The van der Waals surface area contributed by atoms with Gasteiger partial charge in [0.1, 0.15) is 0 Å². The molecular formula is C19H42N2O. The van der Waals surface area contributed by atoms with Crippen LogP contribution in [0.4, 0.5) is 0 Å². The highest BCUT2D eigenvalue weighted by molar-refractivity contribution is 4.63. The van der Waals surface area contributed by atoms with Gasteiger partial charge in [-0.25, -0.2) is 0 Å². The molecular weight excluding hydrogens is 272 g/mol. The summed E-state index contributed by atoms with van der Waals surface area (Å²) in [6.45, 7) is 8.03. The van der Waals surface area contributed by atoms with Crippen LogP contribution in [-0.2, 0) is 0 Å². The van der Waals surface area contributed by atoms with Crippen LogP contribution in [0.1, 0.15) is 90.9 Å². The number of rotatable bonds is 18. The van der Waals surface area contributed by atoms with Crippen molar-refractivity contribution in [3.8, 4) is 0 Å². The fourth-order valence-corrected chi connectivity index (χ4v) is 2.67. The number of aliphatic hydroxyl groups is 1. The Labute approximate surface area is 139 Å². The maximum Gasteiger partial charge on any atom is 0.0788 e. The molecule has 0 radical (unpaired) electrons. The SMILES string of the molecule is CCCCCCCCNCC(O)CNCCCCCCCC. The third-order valence-electron chi connectivity index (χ3n) is 4.17. The Morgan fingerprint density at radius 2 is 0.955 bits per heavy atom. The second-order valence-electron chi connectivity index (χ2n) is 6.60. The molecule has 0 atom stereocenters. The van der Waals surface area contributed by atoms with Crippen LogP contribution in [0.25, 0.3) is 0 Å². The van der Waals surface area contributed by atoms with Crippen molar-refractivity contribution >= 4 is 0 Å². The number of unbranched alkanes of at least 4 members (excludes halogenated alkanes) is 10. The summed E-state index contributed by atoms with van der Waals surface area (Å²) in [4.78, 5) is 0. The van der Waals surface area contributed by atoms with E-state index in [9.17, 15) is 5.11 Å². The van der Waals surface area contributed by atoms with E-state index in [2.05, 4.69) is 24.5 Å². The molecule has 0 aliphatic carbocycles. The largest absolute Gasteiger partial charge is 0.390 e. The molecule has 0 amide bonds. The van der Waals surface area contributed by atoms with E-state index in [-0.39, 0.29) is 6.10 Å². The third kappa shape index (κ3) is 17.9. The minimum absolute atomic E-state index is 0.250. The molecule has 0 bridgehead atoms. The zero-order chi connectivity index (χ0) is 16.3. The summed E-state index contributed by atoms with van der Waals surface area (Å²) in [5.74, 6) is 0. The standard InChI is InChI=1S/C19H42N2O/c1-3-5-7-9-11-13-15-20-17-19(22)18-21-16-14-12-10-8-6-4-2/h19-22H,3-18H2,1-2H3. The van der Waals surface area contributed by atoms with Gasteiger partial charge in [-0.05, 0) is 25.9 Å². The van der Waals surface area contributed by atoms with Crippen molar-refractivity contribution in [2.45, 2.75) is 97.0 Å².